The van der Waals surface area contributed by atoms with Crippen molar-refractivity contribution in [3.05, 3.63) is 66.2 Å². The van der Waals surface area contributed by atoms with Crippen LogP contribution in [0, 0.1) is 17.3 Å². The largest absolute Gasteiger partial charge is 0.497 e. The van der Waals surface area contributed by atoms with Gasteiger partial charge in [-0.15, -0.1) is 0 Å². The van der Waals surface area contributed by atoms with Gasteiger partial charge >= 0.3 is 5.97 Å². The second-order valence-electron chi connectivity index (χ2n) is 18.0. The second kappa shape index (κ2) is 19.7. The van der Waals surface area contributed by atoms with E-state index in [1.54, 1.807) is 41.0 Å². The number of hydrogen-bond acceptors (Lipinski definition) is 9. The molecule has 1 fully saturated rings. The van der Waals surface area contributed by atoms with Crippen molar-refractivity contribution < 1.29 is 38.2 Å². The third kappa shape index (κ3) is 11.6. The maximum Gasteiger partial charge on any atom is 0.329 e. The van der Waals surface area contributed by atoms with Gasteiger partial charge in [-0.2, -0.15) is 0 Å². The van der Waals surface area contributed by atoms with E-state index in [2.05, 4.69) is 21.3 Å². The molecule has 0 unspecified atom stereocenters. The van der Waals surface area contributed by atoms with Crippen molar-refractivity contribution in [3.8, 4) is 22.8 Å². The van der Waals surface area contributed by atoms with Crippen LogP contribution >= 0.6 is 0 Å². The predicted octanol–water partition coefficient (Wildman–Crippen LogP) is 6.57. The third-order valence-corrected chi connectivity index (χ3v) is 11.1. The van der Waals surface area contributed by atoms with Crippen LogP contribution in [0.25, 0.3) is 22.2 Å². The normalized spacial score (nSPS) is 18.6. The van der Waals surface area contributed by atoms with Crippen molar-refractivity contribution in [2.45, 2.75) is 130 Å². The molecular weight excluding hydrogens is 763 g/mol. The number of hydrogen-bond donors (Lipinski definition) is 4. The van der Waals surface area contributed by atoms with Crippen molar-refractivity contribution in [1.82, 2.24) is 26.3 Å². The molecule has 5 atom stereocenters. The zero-order chi connectivity index (χ0) is 43.8. The molecule has 4 N–H and O–H groups in total. The lowest BCUT2D eigenvalue weighted by atomic mass is 9.82. The first-order valence-corrected chi connectivity index (χ1v) is 21.2. The highest BCUT2D eigenvalue weighted by Crippen LogP contribution is 2.37. The van der Waals surface area contributed by atoms with Gasteiger partial charge in [0.15, 0.2) is 0 Å². The Balaban J connectivity index is 1.50. The van der Waals surface area contributed by atoms with Gasteiger partial charge in [0.05, 0.1) is 24.2 Å². The number of likely N-dealkylation sites (N-methyl/N-ethyl adjacent to an activating group) is 1. The number of amides is 4. The summed E-state index contributed by atoms with van der Waals surface area (Å²) in [5.41, 5.74) is 0.670. The highest BCUT2D eigenvalue weighted by atomic mass is 16.6. The number of rotatable bonds is 15. The van der Waals surface area contributed by atoms with Crippen molar-refractivity contribution in [1.29, 1.82) is 0 Å². The smallest absolute Gasteiger partial charge is 0.329 e. The van der Waals surface area contributed by atoms with E-state index in [-0.39, 0.29) is 23.8 Å². The molecule has 2 aliphatic carbocycles. The van der Waals surface area contributed by atoms with Gasteiger partial charge in [0, 0.05) is 42.1 Å². The summed E-state index contributed by atoms with van der Waals surface area (Å²) in [4.78, 5) is 74.4. The minimum absolute atomic E-state index is 0.0312. The molecule has 60 heavy (non-hydrogen) atoms. The first kappa shape index (κ1) is 45.6. The van der Waals surface area contributed by atoms with E-state index in [0.29, 0.717) is 40.9 Å². The van der Waals surface area contributed by atoms with Crippen molar-refractivity contribution in [3.63, 3.8) is 0 Å². The molecule has 0 spiro atoms. The summed E-state index contributed by atoms with van der Waals surface area (Å²) in [6.07, 6.45) is 6.48. The summed E-state index contributed by atoms with van der Waals surface area (Å²) in [5, 5.41) is 12.2. The van der Waals surface area contributed by atoms with Gasteiger partial charge in [0.25, 0.3) is 0 Å². The zero-order valence-corrected chi connectivity index (χ0v) is 36.6. The van der Waals surface area contributed by atoms with E-state index in [4.69, 9.17) is 19.2 Å². The SMILES string of the molecule is CCC[C@H](NC(=O)[C@@H]1C[C@@H](Oc2cc(-c3ccccc3)nc3cc(OC)ccc23)C=C1C(=O)N[C@H](C(=O)N[C@H](C(=O)NC)C1CCCCC1)C(C)(C)C)C(=O)OC(C)(C)C. The minimum atomic E-state index is -1.08. The summed E-state index contributed by atoms with van der Waals surface area (Å²) in [7, 11) is 3.13. The first-order chi connectivity index (χ1) is 28.4. The maximum atomic E-state index is 14.6. The Hall–Kier alpha value is -5.46. The Morgan fingerprint density at radius 3 is 2.18 bits per heavy atom. The Kier molecular flexibility index (Phi) is 15.0. The Bertz CT molecular complexity index is 2050. The molecule has 3 aromatic rings. The quantitative estimate of drug-likeness (QED) is 0.124. The number of ether oxygens (including phenoxy) is 3. The molecule has 4 amide bonds. The van der Waals surface area contributed by atoms with Gasteiger partial charge < -0.3 is 35.5 Å². The van der Waals surface area contributed by atoms with Gasteiger partial charge in [0.2, 0.25) is 23.6 Å². The lowest BCUT2D eigenvalue weighted by Gasteiger charge is -2.35. The summed E-state index contributed by atoms with van der Waals surface area (Å²) in [6, 6.07) is 14.2. The number of methoxy groups -OCH3 is 1. The average Bonchev–Trinajstić information content (AvgIpc) is 3.64. The van der Waals surface area contributed by atoms with Gasteiger partial charge in [-0.1, -0.05) is 83.7 Å². The Morgan fingerprint density at radius 1 is 0.867 bits per heavy atom. The van der Waals surface area contributed by atoms with Crippen LogP contribution in [0.2, 0.25) is 0 Å². The number of aromatic nitrogens is 1. The van der Waals surface area contributed by atoms with Gasteiger partial charge in [-0.25, -0.2) is 9.78 Å². The number of nitrogens with zero attached hydrogens (tertiary/aromatic N) is 1. The van der Waals surface area contributed by atoms with E-state index >= 15 is 0 Å². The lowest BCUT2D eigenvalue weighted by molar-refractivity contribution is -0.159. The molecule has 0 saturated heterocycles. The minimum Gasteiger partial charge on any atom is -0.497 e. The van der Waals surface area contributed by atoms with Crippen LogP contribution in [0.1, 0.15) is 99.8 Å². The van der Waals surface area contributed by atoms with E-state index in [0.717, 1.165) is 37.7 Å². The molecule has 1 heterocycles. The second-order valence-corrected chi connectivity index (χ2v) is 18.0. The van der Waals surface area contributed by atoms with Crippen LogP contribution in [-0.2, 0) is 28.7 Å². The molecule has 13 nitrogen and oxygen atoms in total. The maximum absolute atomic E-state index is 14.6. The van der Waals surface area contributed by atoms with E-state index in [9.17, 15) is 24.0 Å². The molecule has 2 aliphatic rings. The third-order valence-electron chi connectivity index (χ3n) is 11.1. The van der Waals surface area contributed by atoms with Crippen LogP contribution in [0.4, 0.5) is 0 Å². The summed E-state index contributed by atoms with van der Waals surface area (Å²) < 4.78 is 17.8. The molecule has 324 valence electrons. The molecule has 13 heteroatoms. The number of pyridine rings is 1. The van der Waals surface area contributed by atoms with Crippen molar-refractivity contribution in [2.75, 3.05) is 14.2 Å². The van der Waals surface area contributed by atoms with Crippen molar-refractivity contribution in [2.24, 2.45) is 17.3 Å². The van der Waals surface area contributed by atoms with Crippen LogP contribution < -0.4 is 30.7 Å². The number of esters is 1. The van der Waals surface area contributed by atoms with E-state index in [1.165, 1.54) is 0 Å². The fourth-order valence-corrected chi connectivity index (χ4v) is 7.96. The summed E-state index contributed by atoms with van der Waals surface area (Å²) in [6.45, 7) is 12.7. The average molecular weight is 826 g/mol. The molecule has 2 aromatic carbocycles. The number of benzene rings is 2. The Morgan fingerprint density at radius 2 is 1.57 bits per heavy atom. The Labute approximate surface area is 354 Å². The number of nitrogens with one attached hydrogen (secondary N) is 4. The zero-order valence-electron chi connectivity index (χ0n) is 36.6. The lowest BCUT2D eigenvalue weighted by Crippen LogP contribution is -2.59. The number of carbonyl (C=O) groups is 5. The molecule has 1 aromatic heterocycles. The molecule has 1 saturated carbocycles. The van der Waals surface area contributed by atoms with Crippen molar-refractivity contribution >= 4 is 40.5 Å². The van der Waals surface area contributed by atoms with E-state index in [1.807, 2.05) is 82.3 Å². The molecule has 0 aliphatic heterocycles. The molecule has 0 bridgehead atoms. The van der Waals surface area contributed by atoms with Gasteiger partial charge in [0.1, 0.15) is 41.3 Å². The summed E-state index contributed by atoms with van der Waals surface area (Å²) in [5.74, 6) is -2.52. The van der Waals surface area contributed by atoms with Gasteiger partial charge in [-0.3, -0.25) is 19.2 Å². The highest BCUT2D eigenvalue weighted by molar-refractivity contribution is 6.04. The summed E-state index contributed by atoms with van der Waals surface area (Å²) >= 11 is 0. The highest BCUT2D eigenvalue weighted by Gasteiger charge is 2.42. The van der Waals surface area contributed by atoms with Gasteiger partial charge in [-0.05, 0) is 69.6 Å². The van der Waals surface area contributed by atoms with Crippen LogP contribution in [0.15, 0.2) is 66.2 Å². The van der Waals surface area contributed by atoms with Crippen LogP contribution in [0.3, 0.4) is 0 Å². The molecule has 0 radical (unpaired) electrons. The van der Waals surface area contributed by atoms with Crippen LogP contribution in [0.5, 0.6) is 11.5 Å². The standard InChI is InChI=1S/C47H63N5O8/c1-10-17-35(45(57)60-47(5,6)7)50-41(53)33-24-31(59-38-27-36(28-18-13-11-14-19-28)49-37-26-30(58-9)22-23-32(37)38)25-34(33)42(54)52-40(46(2,3)4)44(56)51-39(43(55)48-8)29-20-15-12-16-21-29/h11,13-14,18-19,22-23,25-27,29,31,33,35,39-40H,10,12,15-17,20-21,24H2,1-9H3,(H,48,55)(H,50,53)(H,51,56)(H,52,54)/t31-,33-,35+,39+,40-/m1/s1. The number of carbonyl (C=O) groups excluding carboxylic acids is 5. The fraction of sp³-hybridized carbons (Fsp3) is 0.532. The monoisotopic (exact) mass is 825 g/mol. The molecular formula is C47H63N5O8. The first-order valence-electron chi connectivity index (χ1n) is 21.2. The predicted molar refractivity (Wildman–Crippen MR) is 231 cm³/mol. The molecule has 5 rings (SSSR count). The topological polar surface area (TPSA) is 174 Å². The van der Waals surface area contributed by atoms with E-state index < -0.39 is 64.9 Å². The number of fused-ring (bicyclic) bond motifs is 1. The fourth-order valence-electron chi connectivity index (χ4n) is 7.96. The van der Waals surface area contributed by atoms with Crippen LogP contribution in [-0.4, -0.2) is 78.6 Å².